The van der Waals surface area contributed by atoms with Crippen molar-refractivity contribution in [1.29, 1.82) is 0 Å². The fourth-order valence-corrected chi connectivity index (χ4v) is 2.19. The van der Waals surface area contributed by atoms with Gasteiger partial charge in [0.2, 0.25) is 0 Å². The van der Waals surface area contributed by atoms with Gasteiger partial charge in [-0.3, -0.25) is 0 Å². The van der Waals surface area contributed by atoms with Crippen molar-refractivity contribution in [2.24, 2.45) is 5.92 Å². The standard InChI is InChI=1S/C16H24ClNO2/c1-4-11(2)10-20-16-12(9-18-14-5-6-14)7-13(17)8-15(16)19-3/h7-8,11,14,18H,4-6,9-10H2,1-3H3. The van der Waals surface area contributed by atoms with E-state index in [1.165, 1.54) is 12.8 Å². The largest absolute Gasteiger partial charge is 0.493 e. The maximum absolute atomic E-state index is 6.16. The Labute approximate surface area is 126 Å². The molecular formula is C16H24ClNO2. The minimum absolute atomic E-state index is 0.527. The van der Waals surface area contributed by atoms with Crippen LogP contribution in [0, 0.1) is 5.92 Å². The maximum atomic E-state index is 6.16. The number of nitrogens with one attached hydrogen (secondary N) is 1. The highest BCUT2D eigenvalue weighted by Gasteiger charge is 2.22. The summed E-state index contributed by atoms with van der Waals surface area (Å²) in [7, 11) is 1.65. The lowest BCUT2D eigenvalue weighted by atomic mass is 10.1. The molecule has 20 heavy (non-hydrogen) atoms. The summed E-state index contributed by atoms with van der Waals surface area (Å²) in [4.78, 5) is 0. The van der Waals surface area contributed by atoms with Crippen LogP contribution in [-0.2, 0) is 6.54 Å². The molecule has 1 aliphatic rings. The second kappa shape index (κ2) is 7.19. The van der Waals surface area contributed by atoms with Crippen molar-refractivity contribution in [3.63, 3.8) is 0 Å². The number of methoxy groups -OCH3 is 1. The topological polar surface area (TPSA) is 30.5 Å². The molecule has 1 unspecified atom stereocenters. The highest BCUT2D eigenvalue weighted by molar-refractivity contribution is 6.30. The predicted octanol–water partition coefficient (Wildman–Crippen LogP) is 4.03. The molecule has 0 aliphatic heterocycles. The van der Waals surface area contributed by atoms with Crippen molar-refractivity contribution in [1.82, 2.24) is 5.32 Å². The van der Waals surface area contributed by atoms with Crippen LogP contribution in [0.15, 0.2) is 12.1 Å². The predicted molar refractivity (Wildman–Crippen MR) is 82.8 cm³/mol. The van der Waals surface area contributed by atoms with Crippen LogP contribution in [0.4, 0.5) is 0 Å². The summed E-state index contributed by atoms with van der Waals surface area (Å²) in [6.07, 6.45) is 3.63. The fourth-order valence-electron chi connectivity index (χ4n) is 1.95. The van der Waals surface area contributed by atoms with Gasteiger partial charge in [-0.25, -0.2) is 0 Å². The first-order chi connectivity index (χ1) is 9.63. The van der Waals surface area contributed by atoms with E-state index >= 15 is 0 Å². The molecule has 0 spiro atoms. The zero-order chi connectivity index (χ0) is 14.5. The summed E-state index contributed by atoms with van der Waals surface area (Å²) in [5.41, 5.74) is 1.07. The Balaban J connectivity index is 2.14. The molecule has 0 aromatic heterocycles. The molecule has 1 aromatic rings. The molecule has 4 heteroatoms. The number of benzene rings is 1. The highest BCUT2D eigenvalue weighted by Crippen LogP contribution is 2.35. The number of hydrogen-bond donors (Lipinski definition) is 1. The first-order valence-corrected chi connectivity index (χ1v) is 7.74. The van der Waals surface area contributed by atoms with E-state index in [4.69, 9.17) is 21.1 Å². The van der Waals surface area contributed by atoms with Gasteiger partial charge in [0, 0.05) is 29.2 Å². The molecule has 1 aromatic carbocycles. The Morgan fingerprint density at radius 1 is 1.40 bits per heavy atom. The molecule has 0 bridgehead atoms. The van der Waals surface area contributed by atoms with Gasteiger partial charge in [0.15, 0.2) is 11.5 Å². The molecule has 0 amide bonds. The average Bonchev–Trinajstić information content (AvgIpc) is 3.26. The van der Waals surface area contributed by atoms with E-state index in [0.29, 0.717) is 29.3 Å². The fraction of sp³-hybridized carbons (Fsp3) is 0.625. The van der Waals surface area contributed by atoms with Crippen LogP contribution in [0.5, 0.6) is 11.5 Å². The van der Waals surface area contributed by atoms with Crippen molar-refractivity contribution in [2.75, 3.05) is 13.7 Å². The maximum Gasteiger partial charge on any atom is 0.165 e. The third-order valence-corrected chi connectivity index (χ3v) is 3.90. The summed E-state index contributed by atoms with van der Waals surface area (Å²) < 4.78 is 11.4. The zero-order valence-corrected chi connectivity index (χ0v) is 13.3. The normalized spacial score (nSPS) is 16.0. The molecule has 3 nitrogen and oxygen atoms in total. The molecule has 112 valence electrons. The summed E-state index contributed by atoms with van der Waals surface area (Å²) in [5.74, 6) is 2.07. The number of hydrogen-bond acceptors (Lipinski definition) is 3. The van der Waals surface area contributed by atoms with Gasteiger partial charge in [-0.05, 0) is 24.8 Å². The van der Waals surface area contributed by atoms with E-state index in [-0.39, 0.29) is 0 Å². The van der Waals surface area contributed by atoms with Gasteiger partial charge in [0.25, 0.3) is 0 Å². The minimum atomic E-state index is 0.527. The van der Waals surface area contributed by atoms with Crippen molar-refractivity contribution >= 4 is 11.6 Å². The Hall–Kier alpha value is -0.930. The lowest BCUT2D eigenvalue weighted by molar-refractivity contribution is 0.242. The van der Waals surface area contributed by atoms with Crippen LogP contribution in [-0.4, -0.2) is 19.8 Å². The average molecular weight is 298 g/mol. The Morgan fingerprint density at radius 3 is 2.75 bits per heavy atom. The van der Waals surface area contributed by atoms with Crippen molar-refractivity contribution in [2.45, 2.75) is 45.7 Å². The lowest BCUT2D eigenvalue weighted by Gasteiger charge is -2.18. The molecule has 0 radical (unpaired) electrons. The van der Waals surface area contributed by atoms with Crippen LogP contribution in [0.3, 0.4) is 0 Å². The summed E-state index contributed by atoms with van der Waals surface area (Å²) in [6, 6.07) is 4.43. The van der Waals surface area contributed by atoms with E-state index in [2.05, 4.69) is 19.2 Å². The summed E-state index contributed by atoms with van der Waals surface area (Å²) >= 11 is 6.16. The monoisotopic (exact) mass is 297 g/mol. The second-order valence-electron chi connectivity index (χ2n) is 5.58. The SMILES string of the molecule is CCC(C)COc1c(CNC2CC2)cc(Cl)cc1OC. The van der Waals surface area contributed by atoms with Crippen LogP contribution in [0.2, 0.25) is 5.02 Å². The Morgan fingerprint density at radius 2 is 2.15 bits per heavy atom. The third-order valence-electron chi connectivity index (χ3n) is 3.68. The summed E-state index contributed by atoms with van der Waals surface area (Å²) in [5, 5.41) is 4.18. The van der Waals surface area contributed by atoms with Crippen LogP contribution in [0.25, 0.3) is 0 Å². The van der Waals surface area contributed by atoms with Gasteiger partial charge in [0.05, 0.1) is 13.7 Å². The summed E-state index contributed by atoms with van der Waals surface area (Å²) in [6.45, 7) is 5.83. The van der Waals surface area contributed by atoms with Gasteiger partial charge in [-0.15, -0.1) is 0 Å². The van der Waals surface area contributed by atoms with Gasteiger partial charge < -0.3 is 14.8 Å². The third kappa shape index (κ3) is 4.29. The van der Waals surface area contributed by atoms with Crippen LogP contribution >= 0.6 is 11.6 Å². The van der Waals surface area contributed by atoms with Gasteiger partial charge in [-0.1, -0.05) is 31.9 Å². The Bertz CT molecular complexity index is 446. The van der Waals surface area contributed by atoms with E-state index < -0.39 is 0 Å². The zero-order valence-electron chi connectivity index (χ0n) is 12.5. The molecular weight excluding hydrogens is 274 g/mol. The molecule has 0 saturated heterocycles. The number of rotatable bonds is 8. The molecule has 1 fully saturated rings. The van der Waals surface area contributed by atoms with Crippen LogP contribution in [0.1, 0.15) is 38.7 Å². The van der Waals surface area contributed by atoms with Crippen LogP contribution < -0.4 is 14.8 Å². The Kier molecular flexibility index (Phi) is 5.55. The van der Waals surface area contributed by atoms with Crippen molar-refractivity contribution in [3.8, 4) is 11.5 Å². The van der Waals surface area contributed by atoms with Crippen molar-refractivity contribution < 1.29 is 9.47 Å². The number of ether oxygens (including phenoxy) is 2. The lowest BCUT2D eigenvalue weighted by Crippen LogP contribution is -2.17. The first-order valence-electron chi connectivity index (χ1n) is 7.36. The highest BCUT2D eigenvalue weighted by atomic mass is 35.5. The van der Waals surface area contributed by atoms with E-state index in [0.717, 1.165) is 24.3 Å². The molecule has 0 heterocycles. The van der Waals surface area contributed by atoms with Gasteiger partial charge >= 0.3 is 0 Å². The van der Waals surface area contributed by atoms with Gasteiger partial charge in [0.1, 0.15) is 0 Å². The van der Waals surface area contributed by atoms with E-state index in [1.807, 2.05) is 12.1 Å². The molecule has 1 saturated carbocycles. The molecule has 1 N–H and O–H groups in total. The van der Waals surface area contributed by atoms with E-state index in [1.54, 1.807) is 7.11 Å². The molecule has 2 rings (SSSR count). The smallest absolute Gasteiger partial charge is 0.165 e. The van der Waals surface area contributed by atoms with Gasteiger partial charge in [-0.2, -0.15) is 0 Å². The number of halogens is 1. The second-order valence-corrected chi connectivity index (χ2v) is 6.01. The first kappa shape index (κ1) is 15.5. The quantitative estimate of drug-likeness (QED) is 0.786. The molecule has 1 atom stereocenters. The van der Waals surface area contributed by atoms with E-state index in [9.17, 15) is 0 Å². The van der Waals surface area contributed by atoms with Crippen molar-refractivity contribution in [3.05, 3.63) is 22.7 Å². The molecule has 1 aliphatic carbocycles. The minimum Gasteiger partial charge on any atom is -0.493 e.